The van der Waals surface area contributed by atoms with Crippen molar-refractivity contribution in [1.29, 1.82) is 0 Å². The molecular formula is C20H20N6O. The molecule has 1 aromatic carbocycles. The Bertz CT molecular complexity index is 1090. The Balaban J connectivity index is 1.61. The number of anilines is 1. The molecular weight excluding hydrogens is 340 g/mol. The van der Waals surface area contributed by atoms with Crippen molar-refractivity contribution in [2.75, 3.05) is 11.9 Å². The average molecular weight is 360 g/mol. The lowest BCUT2D eigenvalue weighted by molar-refractivity contribution is 0.750. The van der Waals surface area contributed by atoms with E-state index in [-0.39, 0.29) is 5.43 Å². The molecule has 7 heteroatoms. The van der Waals surface area contributed by atoms with Crippen molar-refractivity contribution in [2.45, 2.75) is 13.0 Å². The quantitative estimate of drug-likeness (QED) is 0.717. The molecule has 0 fully saturated rings. The Hall–Kier alpha value is -3.48. The van der Waals surface area contributed by atoms with E-state index >= 15 is 0 Å². The van der Waals surface area contributed by atoms with Gasteiger partial charge in [0.05, 0.1) is 24.6 Å². The molecule has 0 saturated heterocycles. The van der Waals surface area contributed by atoms with Crippen molar-refractivity contribution in [3.63, 3.8) is 0 Å². The lowest BCUT2D eigenvalue weighted by Crippen LogP contribution is -2.24. The first kappa shape index (κ1) is 17.0. The number of aliphatic imine (C=N–C) groups is 1. The van der Waals surface area contributed by atoms with Gasteiger partial charge in [-0.05, 0) is 18.2 Å². The van der Waals surface area contributed by atoms with Gasteiger partial charge in [0.15, 0.2) is 0 Å². The van der Waals surface area contributed by atoms with Gasteiger partial charge in [-0.15, -0.1) is 0 Å². The molecule has 1 aliphatic heterocycles. The number of aryl methyl sites for hydroxylation is 1. The molecule has 0 saturated carbocycles. The summed E-state index contributed by atoms with van der Waals surface area (Å²) in [6.07, 6.45) is 12.1. The third-order valence-electron chi connectivity index (χ3n) is 4.44. The zero-order chi connectivity index (χ0) is 18.8. The van der Waals surface area contributed by atoms with Gasteiger partial charge in [0, 0.05) is 50.2 Å². The van der Waals surface area contributed by atoms with Crippen LogP contribution in [0.5, 0.6) is 0 Å². The molecule has 136 valence electrons. The summed E-state index contributed by atoms with van der Waals surface area (Å²) in [5, 5.41) is 8.65. The van der Waals surface area contributed by atoms with Gasteiger partial charge >= 0.3 is 0 Å². The van der Waals surface area contributed by atoms with Crippen LogP contribution in [0.1, 0.15) is 17.7 Å². The van der Waals surface area contributed by atoms with Gasteiger partial charge in [0.1, 0.15) is 11.4 Å². The molecule has 3 heterocycles. The number of allylic oxidation sites excluding steroid dienone is 1. The van der Waals surface area contributed by atoms with E-state index in [9.17, 15) is 4.79 Å². The van der Waals surface area contributed by atoms with E-state index in [1.165, 1.54) is 6.07 Å². The highest BCUT2D eigenvalue weighted by molar-refractivity contribution is 5.77. The smallest absolute Gasteiger partial charge is 0.205 e. The topological polar surface area (TPSA) is 68.3 Å². The maximum absolute atomic E-state index is 12.3. The third kappa shape index (κ3) is 3.57. The Morgan fingerprint density at radius 1 is 1.26 bits per heavy atom. The van der Waals surface area contributed by atoms with Crippen LogP contribution in [0.4, 0.5) is 11.4 Å². The van der Waals surface area contributed by atoms with Crippen molar-refractivity contribution < 1.29 is 0 Å². The van der Waals surface area contributed by atoms with E-state index in [4.69, 9.17) is 0 Å². The zero-order valence-electron chi connectivity index (χ0n) is 15.3. The molecule has 2 aromatic heterocycles. The molecule has 7 nitrogen and oxygen atoms in total. The highest BCUT2D eigenvalue weighted by atomic mass is 16.1. The number of nitrogens with zero attached hydrogens (tertiary/aromatic N) is 6. The highest BCUT2D eigenvalue weighted by Gasteiger charge is 2.11. The first-order chi connectivity index (χ1) is 13.1. The molecule has 0 N–H and O–H groups in total. The van der Waals surface area contributed by atoms with E-state index in [0.29, 0.717) is 12.2 Å². The summed E-state index contributed by atoms with van der Waals surface area (Å²) in [7, 11) is 3.80. The molecule has 4 rings (SSSR count). The summed E-state index contributed by atoms with van der Waals surface area (Å²) < 4.78 is 3.37. The summed E-state index contributed by atoms with van der Waals surface area (Å²) >= 11 is 0. The number of fused-ring (bicyclic) bond motifs is 1. The summed E-state index contributed by atoms with van der Waals surface area (Å²) in [6, 6.07) is 7.63. The Morgan fingerprint density at radius 2 is 2.15 bits per heavy atom. The van der Waals surface area contributed by atoms with E-state index in [1.54, 1.807) is 21.8 Å². The van der Waals surface area contributed by atoms with E-state index in [1.807, 2.05) is 43.5 Å². The number of hydrogen-bond donors (Lipinski definition) is 0. The van der Waals surface area contributed by atoms with Crippen molar-refractivity contribution in [1.82, 2.24) is 19.6 Å². The standard InChI is InChI=1S/C20H20N6O/c1-24(16-6-7-18-15(11-16)5-3-4-9-21-18)14-19-20(27)8-10-26(23-19)17-12-22-25(2)13-17/h3,5-13H,4,14H2,1-2H3. The lowest BCUT2D eigenvalue weighted by atomic mass is 10.1. The predicted octanol–water partition coefficient (Wildman–Crippen LogP) is 2.72. The van der Waals surface area contributed by atoms with Crippen molar-refractivity contribution in [3.8, 4) is 5.69 Å². The molecule has 0 aliphatic carbocycles. The largest absolute Gasteiger partial charge is 0.368 e. The van der Waals surface area contributed by atoms with E-state index < -0.39 is 0 Å². The highest BCUT2D eigenvalue weighted by Crippen LogP contribution is 2.28. The molecule has 0 radical (unpaired) electrons. The van der Waals surface area contributed by atoms with Crippen molar-refractivity contribution in [2.24, 2.45) is 12.0 Å². The summed E-state index contributed by atoms with van der Waals surface area (Å²) in [4.78, 5) is 18.8. The second kappa shape index (κ2) is 7.03. The first-order valence-corrected chi connectivity index (χ1v) is 8.72. The maximum Gasteiger partial charge on any atom is 0.205 e. The molecule has 0 spiro atoms. The Morgan fingerprint density at radius 3 is 2.96 bits per heavy atom. The van der Waals surface area contributed by atoms with Crippen LogP contribution in [-0.4, -0.2) is 32.8 Å². The van der Waals surface area contributed by atoms with Crippen LogP contribution in [-0.2, 0) is 13.6 Å². The van der Waals surface area contributed by atoms with E-state index in [0.717, 1.165) is 29.0 Å². The van der Waals surface area contributed by atoms with Crippen molar-refractivity contribution >= 4 is 23.7 Å². The van der Waals surface area contributed by atoms with Crippen LogP contribution in [0.2, 0.25) is 0 Å². The van der Waals surface area contributed by atoms with Gasteiger partial charge in [-0.25, -0.2) is 4.68 Å². The van der Waals surface area contributed by atoms with Gasteiger partial charge in [-0.1, -0.05) is 12.2 Å². The van der Waals surface area contributed by atoms with E-state index in [2.05, 4.69) is 33.4 Å². The molecule has 3 aromatic rings. The van der Waals surface area contributed by atoms with Crippen LogP contribution in [0.3, 0.4) is 0 Å². The van der Waals surface area contributed by atoms with Gasteiger partial charge < -0.3 is 4.90 Å². The molecule has 0 atom stereocenters. The second-order valence-corrected chi connectivity index (χ2v) is 6.49. The number of aromatic nitrogens is 4. The van der Waals surface area contributed by atoms with Gasteiger partial charge in [-0.3, -0.25) is 14.5 Å². The fraction of sp³-hybridized carbons (Fsp3) is 0.200. The lowest BCUT2D eigenvalue weighted by Gasteiger charge is -2.20. The SMILES string of the molecule is CN(Cc1nn(-c2cnn(C)c2)ccc1=O)c1ccc2c(c1)C=CCC=N2. The first-order valence-electron chi connectivity index (χ1n) is 8.72. The van der Waals surface area contributed by atoms with Gasteiger partial charge in [0.2, 0.25) is 5.43 Å². The van der Waals surface area contributed by atoms with Crippen LogP contribution in [0.15, 0.2) is 58.7 Å². The normalized spacial score (nSPS) is 12.7. The number of hydrogen-bond acceptors (Lipinski definition) is 5. The van der Waals surface area contributed by atoms with Crippen LogP contribution in [0, 0.1) is 0 Å². The maximum atomic E-state index is 12.3. The molecule has 0 unspecified atom stereocenters. The third-order valence-corrected chi connectivity index (χ3v) is 4.44. The number of rotatable bonds is 4. The zero-order valence-corrected chi connectivity index (χ0v) is 15.3. The number of benzene rings is 1. The average Bonchev–Trinajstić information content (AvgIpc) is 2.96. The fourth-order valence-electron chi connectivity index (χ4n) is 2.98. The molecule has 27 heavy (non-hydrogen) atoms. The van der Waals surface area contributed by atoms with Crippen LogP contribution < -0.4 is 10.3 Å². The molecule has 0 bridgehead atoms. The fourth-order valence-corrected chi connectivity index (χ4v) is 2.98. The summed E-state index contributed by atoms with van der Waals surface area (Å²) in [5.74, 6) is 0. The second-order valence-electron chi connectivity index (χ2n) is 6.49. The Labute approximate surface area is 156 Å². The molecule has 1 aliphatic rings. The van der Waals surface area contributed by atoms with Crippen molar-refractivity contribution in [3.05, 3.63) is 70.4 Å². The summed E-state index contributed by atoms with van der Waals surface area (Å²) in [5.41, 5.74) is 4.25. The van der Waals surface area contributed by atoms with Gasteiger partial charge in [0.25, 0.3) is 0 Å². The van der Waals surface area contributed by atoms with Gasteiger partial charge in [-0.2, -0.15) is 10.2 Å². The van der Waals surface area contributed by atoms with Crippen LogP contribution in [0.25, 0.3) is 11.8 Å². The van der Waals surface area contributed by atoms with Crippen LogP contribution >= 0.6 is 0 Å². The minimum absolute atomic E-state index is 0.0822. The Kier molecular flexibility index (Phi) is 4.42. The monoisotopic (exact) mass is 360 g/mol. The predicted molar refractivity (Wildman–Crippen MR) is 107 cm³/mol. The minimum Gasteiger partial charge on any atom is -0.368 e. The minimum atomic E-state index is -0.0822. The summed E-state index contributed by atoms with van der Waals surface area (Å²) in [6.45, 7) is 0.408. The molecule has 0 amide bonds.